The molecule has 0 fully saturated rings. The Bertz CT molecular complexity index is 635. The Kier molecular flexibility index (Phi) is 3.51. The summed E-state index contributed by atoms with van der Waals surface area (Å²) < 4.78 is 18.3. The van der Waals surface area contributed by atoms with Gasteiger partial charge in [0, 0.05) is 0 Å². The first-order chi connectivity index (χ1) is 9.02. The fraction of sp³-hybridized carbons (Fsp3) is 0.133. The van der Waals surface area contributed by atoms with Crippen LogP contribution in [0.3, 0.4) is 0 Å². The van der Waals surface area contributed by atoms with Crippen molar-refractivity contribution in [3.63, 3.8) is 0 Å². The van der Waals surface area contributed by atoms with Crippen LogP contribution >= 0.6 is 0 Å². The highest BCUT2D eigenvalue weighted by atomic mass is 19.1. The molecule has 0 bridgehead atoms. The molecule has 98 valence electrons. The molecular formula is C15H13FO3. The third kappa shape index (κ3) is 2.57. The van der Waals surface area contributed by atoms with E-state index in [0.29, 0.717) is 0 Å². The Morgan fingerprint density at radius 3 is 2.53 bits per heavy atom. The van der Waals surface area contributed by atoms with E-state index in [1.165, 1.54) is 19.2 Å². The van der Waals surface area contributed by atoms with Crippen molar-refractivity contribution in [1.82, 2.24) is 0 Å². The van der Waals surface area contributed by atoms with Gasteiger partial charge in [0.25, 0.3) is 0 Å². The highest BCUT2D eigenvalue weighted by molar-refractivity contribution is 5.89. The number of hydrogen-bond acceptors (Lipinski definition) is 2. The fourth-order valence-corrected chi connectivity index (χ4v) is 1.95. The maximum Gasteiger partial charge on any atom is 0.335 e. The lowest BCUT2D eigenvalue weighted by atomic mass is 9.98. The number of carboxylic acids is 1. The van der Waals surface area contributed by atoms with Crippen LogP contribution in [0.5, 0.6) is 5.75 Å². The molecule has 3 nitrogen and oxygen atoms in total. The summed E-state index contributed by atoms with van der Waals surface area (Å²) in [6.45, 7) is 1.82. The molecular weight excluding hydrogens is 247 g/mol. The Labute approximate surface area is 110 Å². The molecule has 19 heavy (non-hydrogen) atoms. The molecule has 2 rings (SSSR count). The third-order valence-corrected chi connectivity index (χ3v) is 2.94. The van der Waals surface area contributed by atoms with Crippen molar-refractivity contribution in [3.8, 4) is 16.9 Å². The van der Waals surface area contributed by atoms with Crippen LogP contribution in [0.25, 0.3) is 11.1 Å². The number of aromatic carboxylic acids is 1. The molecule has 0 amide bonds. The fourth-order valence-electron chi connectivity index (χ4n) is 1.95. The standard InChI is InChI=1S/C15H13FO3/c1-9-7-11(15(17)18)3-5-12(9)10-4-6-13(16)14(8-10)19-2/h3-8H,1-2H3,(H,17,18). The van der Waals surface area contributed by atoms with Gasteiger partial charge in [-0.3, -0.25) is 0 Å². The lowest BCUT2D eigenvalue weighted by Gasteiger charge is -2.09. The van der Waals surface area contributed by atoms with Crippen LogP contribution in [0.2, 0.25) is 0 Å². The second-order valence-electron chi connectivity index (χ2n) is 4.18. The van der Waals surface area contributed by atoms with Crippen LogP contribution in [-0.4, -0.2) is 18.2 Å². The summed E-state index contributed by atoms with van der Waals surface area (Å²) in [7, 11) is 1.41. The lowest BCUT2D eigenvalue weighted by Crippen LogP contribution is -1.97. The zero-order valence-corrected chi connectivity index (χ0v) is 10.6. The number of halogens is 1. The first-order valence-corrected chi connectivity index (χ1v) is 5.71. The van der Waals surface area contributed by atoms with Crippen molar-refractivity contribution in [1.29, 1.82) is 0 Å². The van der Waals surface area contributed by atoms with Gasteiger partial charge in [-0.05, 0) is 47.9 Å². The van der Waals surface area contributed by atoms with Crippen LogP contribution in [0, 0.1) is 12.7 Å². The first kappa shape index (κ1) is 13.1. The SMILES string of the molecule is COc1cc(-c2ccc(C(=O)O)cc2C)ccc1F. The van der Waals surface area contributed by atoms with Crippen molar-refractivity contribution < 1.29 is 19.0 Å². The summed E-state index contributed by atoms with van der Waals surface area (Å²) in [5.41, 5.74) is 2.68. The Balaban J connectivity index is 2.50. The van der Waals surface area contributed by atoms with E-state index in [1.54, 1.807) is 24.3 Å². The minimum absolute atomic E-state index is 0.166. The second kappa shape index (κ2) is 5.10. The summed E-state index contributed by atoms with van der Waals surface area (Å²) >= 11 is 0. The summed E-state index contributed by atoms with van der Waals surface area (Å²) in [5.74, 6) is -1.23. The summed E-state index contributed by atoms with van der Waals surface area (Å²) in [5, 5.41) is 8.92. The molecule has 0 aliphatic heterocycles. The second-order valence-corrected chi connectivity index (χ2v) is 4.18. The van der Waals surface area contributed by atoms with E-state index in [4.69, 9.17) is 9.84 Å². The average Bonchev–Trinajstić information content (AvgIpc) is 2.39. The molecule has 2 aromatic rings. The van der Waals surface area contributed by atoms with Gasteiger partial charge in [0.1, 0.15) is 0 Å². The van der Waals surface area contributed by atoms with E-state index in [2.05, 4.69) is 0 Å². The molecule has 0 spiro atoms. The van der Waals surface area contributed by atoms with E-state index >= 15 is 0 Å². The summed E-state index contributed by atoms with van der Waals surface area (Å²) in [6.07, 6.45) is 0. The van der Waals surface area contributed by atoms with Gasteiger partial charge in [0.2, 0.25) is 0 Å². The van der Waals surface area contributed by atoms with E-state index in [0.717, 1.165) is 16.7 Å². The third-order valence-electron chi connectivity index (χ3n) is 2.94. The number of carboxylic acid groups (broad SMARTS) is 1. The van der Waals surface area contributed by atoms with E-state index in [-0.39, 0.29) is 11.3 Å². The molecule has 2 aromatic carbocycles. The zero-order valence-electron chi connectivity index (χ0n) is 10.6. The van der Waals surface area contributed by atoms with Crippen LogP contribution in [0.15, 0.2) is 36.4 Å². The minimum atomic E-state index is -0.966. The van der Waals surface area contributed by atoms with Gasteiger partial charge in [-0.25, -0.2) is 9.18 Å². The number of carbonyl (C=O) groups is 1. The topological polar surface area (TPSA) is 46.5 Å². The van der Waals surface area contributed by atoms with Gasteiger partial charge < -0.3 is 9.84 Å². The summed E-state index contributed by atoms with van der Waals surface area (Å²) in [4.78, 5) is 10.9. The zero-order chi connectivity index (χ0) is 14.0. The van der Waals surface area contributed by atoms with Crippen molar-refractivity contribution >= 4 is 5.97 Å². The van der Waals surface area contributed by atoms with Crippen molar-refractivity contribution in [2.45, 2.75) is 6.92 Å². The quantitative estimate of drug-likeness (QED) is 0.918. The van der Waals surface area contributed by atoms with Gasteiger partial charge in [0.15, 0.2) is 11.6 Å². The predicted molar refractivity (Wildman–Crippen MR) is 70.1 cm³/mol. The smallest absolute Gasteiger partial charge is 0.335 e. The normalized spacial score (nSPS) is 10.3. The maximum atomic E-state index is 13.4. The highest BCUT2D eigenvalue weighted by Gasteiger charge is 2.09. The van der Waals surface area contributed by atoms with E-state index in [1.807, 2.05) is 6.92 Å². The molecule has 0 unspecified atom stereocenters. The molecule has 0 saturated heterocycles. The highest BCUT2D eigenvalue weighted by Crippen LogP contribution is 2.29. The van der Waals surface area contributed by atoms with Crippen LogP contribution in [0.1, 0.15) is 15.9 Å². The van der Waals surface area contributed by atoms with Gasteiger partial charge in [-0.1, -0.05) is 12.1 Å². The van der Waals surface area contributed by atoms with Crippen molar-refractivity contribution in [2.24, 2.45) is 0 Å². The van der Waals surface area contributed by atoms with Crippen LogP contribution in [-0.2, 0) is 0 Å². The van der Waals surface area contributed by atoms with Gasteiger partial charge >= 0.3 is 5.97 Å². The molecule has 0 heterocycles. The minimum Gasteiger partial charge on any atom is -0.494 e. The Morgan fingerprint density at radius 1 is 1.21 bits per heavy atom. The molecule has 4 heteroatoms. The maximum absolute atomic E-state index is 13.4. The molecule has 0 aliphatic carbocycles. The number of methoxy groups -OCH3 is 1. The van der Waals surface area contributed by atoms with Crippen LogP contribution in [0.4, 0.5) is 4.39 Å². The molecule has 0 atom stereocenters. The van der Waals surface area contributed by atoms with Gasteiger partial charge in [-0.15, -0.1) is 0 Å². The van der Waals surface area contributed by atoms with E-state index < -0.39 is 11.8 Å². The predicted octanol–water partition coefficient (Wildman–Crippen LogP) is 3.51. The first-order valence-electron chi connectivity index (χ1n) is 5.71. The van der Waals surface area contributed by atoms with Gasteiger partial charge in [-0.2, -0.15) is 0 Å². The average molecular weight is 260 g/mol. The Morgan fingerprint density at radius 2 is 1.95 bits per heavy atom. The van der Waals surface area contributed by atoms with Crippen molar-refractivity contribution in [2.75, 3.05) is 7.11 Å². The van der Waals surface area contributed by atoms with Crippen molar-refractivity contribution in [3.05, 3.63) is 53.3 Å². The molecule has 0 saturated carbocycles. The number of ether oxygens (including phenoxy) is 1. The van der Waals surface area contributed by atoms with Crippen LogP contribution < -0.4 is 4.74 Å². The Hall–Kier alpha value is -2.36. The van der Waals surface area contributed by atoms with Gasteiger partial charge in [0.05, 0.1) is 12.7 Å². The number of benzene rings is 2. The largest absolute Gasteiger partial charge is 0.494 e. The molecule has 0 aliphatic rings. The number of hydrogen-bond donors (Lipinski definition) is 1. The lowest BCUT2D eigenvalue weighted by molar-refractivity contribution is 0.0697. The summed E-state index contributed by atoms with van der Waals surface area (Å²) in [6, 6.07) is 9.40. The number of aryl methyl sites for hydroxylation is 1. The monoisotopic (exact) mass is 260 g/mol. The molecule has 0 radical (unpaired) electrons. The number of rotatable bonds is 3. The molecule has 1 N–H and O–H groups in total. The molecule has 0 aromatic heterocycles. The van der Waals surface area contributed by atoms with E-state index in [9.17, 15) is 9.18 Å².